The van der Waals surface area contributed by atoms with Crippen molar-refractivity contribution in [3.8, 4) is 5.75 Å². The van der Waals surface area contributed by atoms with E-state index in [1.165, 1.54) is 16.9 Å². The van der Waals surface area contributed by atoms with Gasteiger partial charge in [-0.2, -0.15) is 0 Å². The smallest absolute Gasteiger partial charge is 0.263 e. The van der Waals surface area contributed by atoms with Crippen LogP contribution >= 0.6 is 11.3 Å². The zero-order valence-electron chi connectivity index (χ0n) is 15.2. The minimum atomic E-state index is -0.280. The molecule has 6 nitrogen and oxygen atoms in total. The predicted octanol–water partition coefficient (Wildman–Crippen LogP) is 2.90. The number of aromatic nitrogens is 1. The fourth-order valence-electron chi connectivity index (χ4n) is 2.18. The van der Waals surface area contributed by atoms with E-state index in [1.807, 2.05) is 32.0 Å². The molecule has 0 fully saturated rings. The number of hydrogen-bond donors (Lipinski definition) is 2. The third kappa shape index (κ3) is 5.70. The van der Waals surface area contributed by atoms with Crippen molar-refractivity contribution in [1.82, 2.24) is 15.6 Å². The third-order valence-corrected chi connectivity index (χ3v) is 4.76. The third-order valence-electron chi connectivity index (χ3n) is 3.83. The van der Waals surface area contributed by atoms with Crippen molar-refractivity contribution < 1.29 is 14.3 Å². The molecule has 2 aromatic rings. The summed E-state index contributed by atoms with van der Waals surface area (Å²) in [6.07, 6.45) is 0.443. The predicted molar refractivity (Wildman–Crippen MR) is 102 cm³/mol. The molecule has 0 atom stereocenters. The number of carbonyl (C=O) groups excluding carboxylic acids is 2. The molecule has 0 spiro atoms. The standard InChI is InChI=1S/C19H23N3O3S/c1-12-5-6-16(9-13(12)2)25-10-17(23)22-14(3)7-8-20-19(24)18-15(4)21-11-26-18/h5-6,9,11H,3,7-8,10H2,1-2,4H3,(H,20,24)(H,22,23). The van der Waals surface area contributed by atoms with Crippen LogP contribution in [0.1, 0.15) is 32.9 Å². The highest BCUT2D eigenvalue weighted by Gasteiger charge is 2.11. The summed E-state index contributed by atoms with van der Waals surface area (Å²) in [5, 5.41) is 5.46. The molecule has 0 saturated carbocycles. The average Bonchev–Trinajstić information content (AvgIpc) is 3.02. The molecule has 1 heterocycles. The highest BCUT2D eigenvalue weighted by molar-refractivity contribution is 7.11. The lowest BCUT2D eigenvalue weighted by Crippen LogP contribution is -2.30. The van der Waals surface area contributed by atoms with Gasteiger partial charge in [-0.25, -0.2) is 4.98 Å². The molecule has 1 aromatic heterocycles. The van der Waals surface area contributed by atoms with Crippen molar-refractivity contribution in [1.29, 1.82) is 0 Å². The molecule has 7 heteroatoms. The Morgan fingerprint density at radius 1 is 1.23 bits per heavy atom. The number of nitrogens with one attached hydrogen (secondary N) is 2. The number of rotatable bonds is 8. The first kappa shape index (κ1) is 19.7. The van der Waals surface area contributed by atoms with Gasteiger partial charge in [0.15, 0.2) is 6.61 Å². The van der Waals surface area contributed by atoms with E-state index in [-0.39, 0.29) is 18.4 Å². The number of thiazole rings is 1. The minimum Gasteiger partial charge on any atom is -0.484 e. The summed E-state index contributed by atoms with van der Waals surface area (Å²) in [6, 6.07) is 5.69. The maximum atomic E-state index is 12.0. The second-order valence-corrected chi connectivity index (χ2v) is 6.81. The van der Waals surface area contributed by atoms with Gasteiger partial charge in [0.25, 0.3) is 11.8 Å². The second kappa shape index (κ2) is 9.15. The van der Waals surface area contributed by atoms with Gasteiger partial charge in [0.05, 0.1) is 11.2 Å². The van der Waals surface area contributed by atoms with E-state index >= 15 is 0 Å². The Hall–Kier alpha value is -2.67. The van der Waals surface area contributed by atoms with Gasteiger partial charge in [0.2, 0.25) is 0 Å². The van der Waals surface area contributed by atoms with Crippen LogP contribution in [-0.4, -0.2) is 29.9 Å². The van der Waals surface area contributed by atoms with Gasteiger partial charge in [-0.15, -0.1) is 11.3 Å². The molecule has 2 rings (SSSR count). The summed E-state index contributed by atoms with van der Waals surface area (Å²) < 4.78 is 5.48. The number of amides is 2. The summed E-state index contributed by atoms with van der Waals surface area (Å²) in [7, 11) is 0. The van der Waals surface area contributed by atoms with E-state index in [9.17, 15) is 9.59 Å². The number of aryl methyl sites for hydroxylation is 3. The van der Waals surface area contributed by atoms with Crippen LogP contribution in [0.2, 0.25) is 0 Å². The minimum absolute atomic E-state index is 0.0893. The fourth-order valence-corrected chi connectivity index (χ4v) is 2.89. The fraction of sp³-hybridized carbons (Fsp3) is 0.316. The Kier molecular flexibility index (Phi) is 6.91. The monoisotopic (exact) mass is 373 g/mol. The first-order chi connectivity index (χ1) is 12.4. The normalized spacial score (nSPS) is 10.3. The Morgan fingerprint density at radius 2 is 2.00 bits per heavy atom. The molecule has 2 N–H and O–H groups in total. The first-order valence-corrected chi connectivity index (χ1v) is 9.10. The van der Waals surface area contributed by atoms with E-state index in [0.29, 0.717) is 35.0 Å². The molecular formula is C19H23N3O3S. The van der Waals surface area contributed by atoms with Crippen molar-refractivity contribution in [2.24, 2.45) is 0 Å². The molecule has 0 radical (unpaired) electrons. The zero-order valence-corrected chi connectivity index (χ0v) is 16.0. The van der Waals surface area contributed by atoms with E-state index < -0.39 is 0 Å². The van der Waals surface area contributed by atoms with E-state index in [4.69, 9.17) is 4.74 Å². The second-order valence-electron chi connectivity index (χ2n) is 5.96. The van der Waals surface area contributed by atoms with Crippen LogP contribution < -0.4 is 15.4 Å². The van der Waals surface area contributed by atoms with Gasteiger partial charge in [0, 0.05) is 18.7 Å². The quantitative estimate of drug-likeness (QED) is 0.746. The summed E-state index contributed by atoms with van der Waals surface area (Å²) in [4.78, 5) is 28.5. The summed E-state index contributed by atoms with van der Waals surface area (Å²) in [5.74, 6) is 0.209. The van der Waals surface area contributed by atoms with Gasteiger partial charge in [0.1, 0.15) is 10.6 Å². The van der Waals surface area contributed by atoms with Crippen LogP contribution in [0.25, 0.3) is 0 Å². The molecule has 0 unspecified atom stereocenters. The van der Waals surface area contributed by atoms with Crippen LogP contribution in [0, 0.1) is 20.8 Å². The highest BCUT2D eigenvalue weighted by Crippen LogP contribution is 2.16. The number of ether oxygens (including phenoxy) is 1. The molecule has 138 valence electrons. The molecule has 0 aliphatic rings. The van der Waals surface area contributed by atoms with Crippen molar-refractivity contribution in [2.45, 2.75) is 27.2 Å². The summed E-state index contributed by atoms with van der Waals surface area (Å²) in [6.45, 7) is 9.90. The Bertz CT molecular complexity index is 814. The maximum absolute atomic E-state index is 12.0. The topological polar surface area (TPSA) is 80.3 Å². The SMILES string of the molecule is C=C(CCNC(=O)c1scnc1C)NC(=O)COc1ccc(C)c(C)c1. The van der Waals surface area contributed by atoms with Gasteiger partial charge in [-0.3, -0.25) is 9.59 Å². The van der Waals surface area contributed by atoms with Gasteiger partial charge >= 0.3 is 0 Å². The van der Waals surface area contributed by atoms with Crippen molar-refractivity contribution >= 4 is 23.2 Å². The molecule has 0 aliphatic carbocycles. The molecule has 0 saturated heterocycles. The molecular weight excluding hydrogens is 350 g/mol. The molecule has 0 bridgehead atoms. The lowest BCUT2D eigenvalue weighted by molar-refractivity contribution is -0.122. The van der Waals surface area contributed by atoms with Crippen molar-refractivity contribution in [2.75, 3.05) is 13.2 Å². The molecule has 26 heavy (non-hydrogen) atoms. The largest absolute Gasteiger partial charge is 0.484 e. The number of nitrogens with zero attached hydrogens (tertiary/aromatic N) is 1. The summed E-state index contributed by atoms with van der Waals surface area (Å²) >= 11 is 1.30. The molecule has 1 aromatic carbocycles. The maximum Gasteiger partial charge on any atom is 0.263 e. The van der Waals surface area contributed by atoms with Crippen LogP contribution in [0.3, 0.4) is 0 Å². The van der Waals surface area contributed by atoms with Crippen LogP contribution in [0.4, 0.5) is 0 Å². The van der Waals surface area contributed by atoms with Gasteiger partial charge < -0.3 is 15.4 Å². The lowest BCUT2D eigenvalue weighted by atomic mass is 10.1. The van der Waals surface area contributed by atoms with Crippen LogP contribution in [-0.2, 0) is 4.79 Å². The van der Waals surface area contributed by atoms with E-state index in [2.05, 4.69) is 22.2 Å². The number of carbonyl (C=O) groups is 2. The van der Waals surface area contributed by atoms with Gasteiger partial charge in [-0.05, 0) is 44.0 Å². The molecule has 2 amide bonds. The van der Waals surface area contributed by atoms with Crippen molar-refractivity contribution in [3.63, 3.8) is 0 Å². The highest BCUT2D eigenvalue weighted by atomic mass is 32.1. The Balaban J connectivity index is 1.68. The average molecular weight is 373 g/mol. The van der Waals surface area contributed by atoms with E-state index in [0.717, 1.165) is 5.56 Å². The molecule has 0 aliphatic heterocycles. The van der Waals surface area contributed by atoms with Crippen LogP contribution in [0.5, 0.6) is 5.75 Å². The Labute approximate surface area is 157 Å². The first-order valence-electron chi connectivity index (χ1n) is 8.22. The van der Waals surface area contributed by atoms with Crippen molar-refractivity contribution in [3.05, 3.63) is 57.7 Å². The Morgan fingerprint density at radius 3 is 2.65 bits per heavy atom. The summed E-state index contributed by atoms with van der Waals surface area (Å²) in [5.41, 5.74) is 5.16. The van der Waals surface area contributed by atoms with E-state index in [1.54, 1.807) is 12.4 Å². The van der Waals surface area contributed by atoms with Crippen LogP contribution in [0.15, 0.2) is 36.0 Å². The number of hydrogen-bond acceptors (Lipinski definition) is 5. The lowest BCUT2D eigenvalue weighted by Gasteiger charge is -2.11. The number of benzene rings is 1. The van der Waals surface area contributed by atoms with Gasteiger partial charge in [-0.1, -0.05) is 12.6 Å². The zero-order chi connectivity index (χ0) is 19.1.